The van der Waals surface area contributed by atoms with Crippen molar-refractivity contribution >= 4 is 5.97 Å². The molecule has 92 valence electrons. The summed E-state index contributed by atoms with van der Waals surface area (Å²) < 4.78 is 0. The lowest BCUT2D eigenvalue weighted by Crippen LogP contribution is -2.21. The molecule has 2 N–H and O–H groups in total. The highest BCUT2D eigenvalue weighted by Gasteiger charge is 2.27. The highest BCUT2D eigenvalue weighted by Crippen LogP contribution is 2.40. The normalized spacial score (nSPS) is 18.7. The van der Waals surface area contributed by atoms with E-state index in [1.165, 1.54) is 18.4 Å². The second-order valence-corrected chi connectivity index (χ2v) is 4.74. The number of rotatable bonds is 5. The quantitative estimate of drug-likeness (QED) is 0.823. The fourth-order valence-corrected chi connectivity index (χ4v) is 2.15. The summed E-state index contributed by atoms with van der Waals surface area (Å²) in [5.41, 5.74) is 1.99. The molecule has 0 amide bonds. The molecule has 2 rings (SSSR count). The molecule has 0 bridgehead atoms. The van der Waals surface area contributed by atoms with Crippen LogP contribution in [0.3, 0.4) is 0 Å². The first kappa shape index (κ1) is 12.1. The number of carbonyl (C=O) groups is 1. The number of aliphatic hydroxyl groups excluding tert-OH is 1. The number of hydrogen-bond acceptors (Lipinski definition) is 2. The van der Waals surface area contributed by atoms with Crippen LogP contribution < -0.4 is 0 Å². The van der Waals surface area contributed by atoms with Gasteiger partial charge >= 0.3 is 5.97 Å². The average Bonchev–Trinajstić information content (AvgIpc) is 3.13. The van der Waals surface area contributed by atoms with Crippen molar-refractivity contribution in [1.29, 1.82) is 0 Å². The van der Waals surface area contributed by atoms with E-state index < -0.39 is 18.0 Å². The number of hydrogen-bond donors (Lipinski definition) is 2. The SMILES string of the molecule is CCC(C(=O)O)C(O)c1ccc(C2CC2)cc1. The zero-order valence-electron chi connectivity index (χ0n) is 9.97. The van der Waals surface area contributed by atoms with E-state index in [0.717, 1.165) is 0 Å². The fourth-order valence-electron chi connectivity index (χ4n) is 2.15. The first-order valence-electron chi connectivity index (χ1n) is 6.14. The first-order valence-corrected chi connectivity index (χ1v) is 6.14. The molecule has 0 spiro atoms. The van der Waals surface area contributed by atoms with Gasteiger partial charge in [-0.05, 0) is 36.3 Å². The number of aliphatic carboxylic acids is 1. The van der Waals surface area contributed by atoms with Gasteiger partial charge in [0.25, 0.3) is 0 Å². The Kier molecular flexibility index (Phi) is 3.48. The van der Waals surface area contributed by atoms with E-state index in [4.69, 9.17) is 5.11 Å². The molecular weight excluding hydrogens is 216 g/mol. The Hall–Kier alpha value is -1.35. The van der Waals surface area contributed by atoms with Gasteiger partial charge in [-0.1, -0.05) is 31.2 Å². The Bertz CT molecular complexity index is 392. The van der Waals surface area contributed by atoms with Crippen LogP contribution in [0.4, 0.5) is 0 Å². The van der Waals surface area contributed by atoms with Crippen molar-refractivity contribution in [2.45, 2.75) is 38.2 Å². The van der Waals surface area contributed by atoms with Crippen LogP contribution in [-0.4, -0.2) is 16.2 Å². The molecule has 0 heterocycles. The lowest BCUT2D eigenvalue weighted by molar-refractivity contribution is -0.146. The summed E-state index contributed by atoms with van der Waals surface area (Å²) in [7, 11) is 0. The van der Waals surface area contributed by atoms with Crippen LogP contribution in [0.1, 0.15) is 49.3 Å². The van der Waals surface area contributed by atoms with Gasteiger partial charge in [0, 0.05) is 0 Å². The minimum absolute atomic E-state index is 0.431. The molecule has 0 radical (unpaired) electrons. The van der Waals surface area contributed by atoms with Crippen molar-refractivity contribution in [3.8, 4) is 0 Å². The second-order valence-electron chi connectivity index (χ2n) is 4.74. The topological polar surface area (TPSA) is 57.5 Å². The Labute approximate surface area is 101 Å². The van der Waals surface area contributed by atoms with Crippen molar-refractivity contribution in [1.82, 2.24) is 0 Å². The summed E-state index contributed by atoms with van der Waals surface area (Å²) in [4.78, 5) is 11.0. The minimum Gasteiger partial charge on any atom is -0.481 e. The monoisotopic (exact) mass is 234 g/mol. The molecule has 17 heavy (non-hydrogen) atoms. The van der Waals surface area contributed by atoms with Crippen LogP contribution in [0.5, 0.6) is 0 Å². The third-order valence-electron chi connectivity index (χ3n) is 3.46. The highest BCUT2D eigenvalue weighted by molar-refractivity contribution is 5.71. The predicted molar refractivity (Wildman–Crippen MR) is 64.8 cm³/mol. The number of aliphatic hydroxyl groups is 1. The van der Waals surface area contributed by atoms with Gasteiger partial charge in [-0.2, -0.15) is 0 Å². The van der Waals surface area contributed by atoms with Crippen molar-refractivity contribution in [3.05, 3.63) is 35.4 Å². The molecule has 1 fully saturated rings. The predicted octanol–water partition coefficient (Wildman–Crippen LogP) is 2.71. The van der Waals surface area contributed by atoms with Gasteiger partial charge in [0.15, 0.2) is 0 Å². The molecule has 1 aliphatic carbocycles. The van der Waals surface area contributed by atoms with Crippen LogP contribution in [0.25, 0.3) is 0 Å². The number of carboxylic acid groups (broad SMARTS) is 1. The molecule has 1 aromatic rings. The summed E-state index contributed by atoms with van der Waals surface area (Å²) in [6.07, 6.45) is 2.01. The zero-order valence-corrected chi connectivity index (χ0v) is 9.97. The van der Waals surface area contributed by atoms with E-state index in [1.54, 1.807) is 6.92 Å². The summed E-state index contributed by atoms with van der Waals surface area (Å²) in [6, 6.07) is 7.71. The van der Waals surface area contributed by atoms with Crippen LogP contribution in [-0.2, 0) is 4.79 Å². The van der Waals surface area contributed by atoms with Crippen molar-refractivity contribution in [3.63, 3.8) is 0 Å². The summed E-state index contributed by atoms with van der Waals surface area (Å²) >= 11 is 0. The smallest absolute Gasteiger partial charge is 0.309 e. The molecule has 3 nitrogen and oxygen atoms in total. The molecule has 1 saturated carbocycles. The fraction of sp³-hybridized carbons (Fsp3) is 0.500. The average molecular weight is 234 g/mol. The summed E-state index contributed by atoms with van der Waals surface area (Å²) in [6.45, 7) is 1.78. The Morgan fingerprint density at radius 3 is 2.35 bits per heavy atom. The molecule has 1 aliphatic rings. The molecule has 2 unspecified atom stereocenters. The Morgan fingerprint density at radius 1 is 1.35 bits per heavy atom. The maximum Gasteiger partial charge on any atom is 0.309 e. The maximum atomic E-state index is 11.0. The van der Waals surface area contributed by atoms with Gasteiger partial charge in [-0.3, -0.25) is 4.79 Å². The van der Waals surface area contributed by atoms with Gasteiger partial charge in [0.1, 0.15) is 0 Å². The lowest BCUT2D eigenvalue weighted by Gasteiger charge is -2.18. The van der Waals surface area contributed by atoms with Crippen molar-refractivity contribution < 1.29 is 15.0 Å². The number of carboxylic acids is 1. The number of benzene rings is 1. The third-order valence-corrected chi connectivity index (χ3v) is 3.46. The van der Waals surface area contributed by atoms with Gasteiger partial charge in [0.2, 0.25) is 0 Å². The van der Waals surface area contributed by atoms with E-state index in [2.05, 4.69) is 0 Å². The van der Waals surface area contributed by atoms with E-state index in [1.807, 2.05) is 24.3 Å². The van der Waals surface area contributed by atoms with Gasteiger partial charge in [-0.15, -0.1) is 0 Å². The Balaban J connectivity index is 2.12. The molecule has 1 aromatic carbocycles. The molecule has 0 saturated heterocycles. The molecule has 0 aliphatic heterocycles. The van der Waals surface area contributed by atoms with E-state index in [-0.39, 0.29) is 0 Å². The highest BCUT2D eigenvalue weighted by atomic mass is 16.4. The summed E-state index contributed by atoms with van der Waals surface area (Å²) in [5.74, 6) is -0.976. The van der Waals surface area contributed by atoms with E-state index in [0.29, 0.717) is 17.9 Å². The molecule has 2 atom stereocenters. The summed E-state index contributed by atoms with van der Waals surface area (Å²) in [5, 5.41) is 19.0. The lowest BCUT2D eigenvalue weighted by atomic mass is 9.93. The third kappa shape index (κ3) is 2.67. The van der Waals surface area contributed by atoms with E-state index >= 15 is 0 Å². The second kappa shape index (κ2) is 4.88. The van der Waals surface area contributed by atoms with Gasteiger partial charge < -0.3 is 10.2 Å². The molecular formula is C14H18O3. The zero-order chi connectivity index (χ0) is 12.4. The molecule has 3 heteroatoms. The minimum atomic E-state index is -0.939. The van der Waals surface area contributed by atoms with Gasteiger partial charge in [0.05, 0.1) is 12.0 Å². The van der Waals surface area contributed by atoms with Gasteiger partial charge in [-0.25, -0.2) is 0 Å². The standard InChI is InChI=1S/C14H18O3/c1-2-12(14(16)17)13(15)11-7-5-10(6-8-11)9-3-4-9/h5-9,12-13,15H,2-4H2,1H3,(H,16,17). The van der Waals surface area contributed by atoms with Crippen LogP contribution in [0, 0.1) is 5.92 Å². The molecule has 0 aromatic heterocycles. The maximum absolute atomic E-state index is 11.0. The van der Waals surface area contributed by atoms with Crippen LogP contribution in [0.2, 0.25) is 0 Å². The Morgan fingerprint density at radius 2 is 1.94 bits per heavy atom. The van der Waals surface area contributed by atoms with Crippen LogP contribution >= 0.6 is 0 Å². The van der Waals surface area contributed by atoms with Crippen molar-refractivity contribution in [2.24, 2.45) is 5.92 Å². The largest absolute Gasteiger partial charge is 0.481 e. The van der Waals surface area contributed by atoms with Crippen molar-refractivity contribution in [2.75, 3.05) is 0 Å². The van der Waals surface area contributed by atoms with Crippen LogP contribution in [0.15, 0.2) is 24.3 Å². The first-order chi connectivity index (χ1) is 8.13. The van der Waals surface area contributed by atoms with E-state index in [9.17, 15) is 9.90 Å².